The van der Waals surface area contributed by atoms with Crippen molar-refractivity contribution in [3.63, 3.8) is 0 Å². The first-order valence-corrected chi connectivity index (χ1v) is 6.87. The predicted molar refractivity (Wildman–Crippen MR) is 69.1 cm³/mol. The number of carbonyl (C=O) groups excluding carboxylic acids is 1. The summed E-state index contributed by atoms with van der Waals surface area (Å²) in [6, 6.07) is 0.579. The van der Waals surface area contributed by atoms with Crippen LogP contribution in [0, 0.1) is 0 Å². The van der Waals surface area contributed by atoms with Crippen LogP contribution in [0.3, 0.4) is 0 Å². The average Bonchev–Trinajstić information content (AvgIpc) is 2.83. The van der Waals surface area contributed by atoms with Crippen LogP contribution in [0.1, 0.15) is 45.4 Å². The molecule has 0 bridgehead atoms. The Morgan fingerprint density at radius 1 is 1.24 bits per heavy atom. The van der Waals surface area contributed by atoms with Crippen LogP contribution in [0.25, 0.3) is 0 Å². The van der Waals surface area contributed by atoms with Crippen LogP contribution in [0.15, 0.2) is 0 Å². The molecule has 2 aliphatic rings. The number of rotatable bonds is 2. The first kappa shape index (κ1) is 12.7. The van der Waals surface area contributed by atoms with Crippen LogP contribution in [0.5, 0.6) is 0 Å². The van der Waals surface area contributed by atoms with Crippen LogP contribution in [-0.2, 0) is 0 Å². The third kappa shape index (κ3) is 3.12. The third-order valence-electron chi connectivity index (χ3n) is 4.44. The normalized spacial score (nSPS) is 24.9. The molecule has 0 unspecified atom stereocenters. The van der Waals surface area contributed by atoms with Gasteiger partial charge in [0.2, 0.25) is 0 Å². The summed E-state index contributed by atoms with van der Waals surface area (Å²) in [4.78, 5) is 14.0. The minimum Gasteiger partial charge on any atom is -0.335 e. The van der Waals surface area contributed by atoms with Gasteiger partial charge in [0.05, 0.1) is 0 Å². The molecule has 0 radical (unpaired) electrons. The molecule has 2 rings (SSSR count). The average molecular weight is 239 g/mol. The SMILES string of the molecule is CNC1(C)CCN(C(=O)NC2CCCC2)CC1. The molecule has 4 nitrogen and oxygen atoms in total. The standard InChI is InChI=1S/C13H25N3O/c1-13(14-2)7-9-16(10-8-13)12(17)15-11-5-3-4-6-11/h11,14H,3-10H2,1-2H3,(H,15,17). The molecule has 0 aromatic carbocycles. The Balaban J connectivity index is 1.77. The molecule has 1 aliphatic heterocycles. The summed E-state index contributed by atoms with van der Waals surface area (Å²) < 4.78 is 0. The maximum atomic E-state index is 12.0. The Morgan fingerprint density at radius 2 is 1.82 bits per heavy atom. The van der Waals surface area contributed by atoms with Gasteiger partial charge in [-0.05, 0) is 39.7 Å². The smallest absolute Gasteiger partial charge is 0.317 e. The summed E-state index contributed by atoms with van der Waals surface area (Å²) in [5, 5.41) is 6.52. The molecule has 1 aliphatic carbocycles. The van der Waals surface area contributed by atoms with Gasteiger partial charge in [-0.25, -0.2) is 4.79 Å². The first-order chi connectivity index (χ1) is 8.13. The number of hydrogen-bond acceptors (Lipinski definition) is 2. The first-order valence-electron chi connectivity index (χ1n) is 6.87. The van der Waals surface area contributed by atoms with Gasteiger partial charge in [0, 0.05) is 24.7 Å². The molecule has 1 heterocycles. The van der Waals surface area contributed by atoms with E-state index in [9.17, 15) is 4.79 Å². The van der Waals surface area contributed by atoms with Gasteiger partial charge in [0.25, 0.3) is 0 Å². The lowest BCUT2D eigenvalue weighted by Crippen LogP contribution is -2.54. The second kappa shape index (κ2) is 5.25. The molecule has 4 heteroatoms. The second-order valence-electron chi connectivity index (χ2n) is 5.73. The van der Waals surface area contributed by atoms with E-state index in [4.69, 9.17) is 0 Å². The number of hydrogen-bond donors (Lipinski definition) is 2. The van der Waals surface area contributed by atoms with Gasteiger partial charge in [0.1, 0.15) is 0 Å². The molecule has 0 atom stereocenters. The van der Waals surface area contributed by atoms with E-state index in [1.807, 2.05) is 11.9 Å². The zero-order valence-electron chi connectivity index (χ0n) is 11.1. The zero-order valence-corrected chi connectivity index (χ0v) is 11.1. The van der Waals surface area contributed by atoms with Crippen molar-refractivity contribution in [1.82, 2.24) is 15.5 Å². The summed E-state index contributed by atoms with van der Waals surface area (Å²) in [6.07, 6.45) is 6.94. The van der Waals surface area contributed by atoms with Crippen LogP contribution < -0.4 is 10.6 Å². The molecule has 2 N–H and O–H groups in total. The molecule has 17 heavy (non-hydrogen) atoms. The van der Waals surface area contributed by atoms with E-state index in [1.165, 1.54) is 12.8 Å². The summed E-state index contributed by atoms with van der Waals surface area (Å²) in [5.41, 5.74) is 0.212. The lowest BCUT2D eigenvalue weighted by Gasteiger charge is -2.39. The molecule has 0 aromatic heterocycles. The Bertz CT molecular complexity index is 266. The highest BCUT2D eigenvalue weighted by atomic mass is 16.2. The summed E-state index contributed by atoms with van der Waals surface area (Å²) in [6.45, 7) is 3.98. The van der Waals surface area contributed by atoms with Gasteiger partial charge < -0.3 is 15.5 Å². The van der Waals surface area contributed by atoms with E-state index < -0.39 is 0 Å². The lowest BCUT2D eigenvalue weighted by molar-refractivity contribution is 0.151. The topological polar surface area (TPSA) is 44.4 Å². The van der Waals surface area contributed by atoms with Gasteiger partial charge >= 0.3 is 6.03 Å². The van der Waals surface area contributed by atoms with E-state index in [2.05, 4.69) is 17.6 Å². The molecule has 2 amide bonds. The monoisotopic (exact) mass is 239 g/mol. The molecular weight excluding hydrogens is 214 g/mol. The third-order valence-corrected chi connectivity index (χ3v) is 4.44. The van der Waals surface area contributed by atoms with Crippen LogP contribution in [0.2, 0.25) is 0 Å². The fourth-order valence-corrected chi connectivity index (χ4v) is 2.79. The van der Waals surface area contributed by atoms with Crippen LogP contribution in [-0.4, -0.2) is 42.6 Å². The number of likely N-dealkylation sites (tertiary alicyclic amines) is 1. The van der Waals surface area contributed by atoms with Crippen molar-refractivity contribution in [2.45, 2.75) is 57.0 Å². The fraction of sp³-hybridized carbons (Fsp3) is 0.923. The van der Waals surface area contributed by atoms with Gasteiger partial charge in [-0.3, -0.25) is 0 Å². The summed E-state index contributed by atoms with van der Waals surface area (Å²) in [5.74, 6) is 0. The van der Waals surface area contributed by atoms with Crippen molar-refractivity contribution in [3.05, 3.63) is 0 Å². The van der Waals surface area contributed by atoms with Gasteiger partial charge in [-0.2, -0.15) is 0 Å². The molecule has 1 saturated carbocycles. The van der Waals surface area contributed by atoms with Gasteiger partial charge in [0.15, 0.2) is 0 Å². The van der Waals surface area contributed by atoms with E-state index >= 15 is 0 Å². The minimum absolute atomic E-state index is 0.148. The van der Waals surface area contributed by atoms with E-state index in [0.717, 1.165) is 38.8 Å². The number of urea groups is 1. The van der Waals surface area contributed by atoms with E-state index in [1.54, 1.807) is 0 Å². The van der Waals surface area contributed by atoms with Crippen LogP contribution in [0.4, 0.5) is 4.79 Å². The maximum Gasteiger partial charge on any atom is 0.317 e. The Morgan fingerprint density at radius 3 is 2.35 bits per heavy atom. The van der Waals surface area contributed by atoms with E-state index in [0.29, 0.717) is 6.04 Å². The molecule has 98 valence electrons. The van der Waals surface area contributed by atoms with Gasteiger partial charge in [-0.1, -0.05) is 12.8 Å². The number of amides is 2. The number of nitrogens with one attached hydrogen (secondary N) is 2. The highest BCUT2D eigenvalue weighted by Gasteiger charge is 2.31. The van der Waals surface area contributed by atoms with Crippen molar-refractivity contribution in [1.29, 1.82) is 0 Å². The fourth-order valence-electron chi connectivity index (χ4n) is 2.79. The quantitative estimate of drug-likeness (QED) is 0.770. The Hall–Kier alpha value is -0.770. The van der Waals surface area contributed by atoms with Crippen molar-refractivity contribution >= 4 is 6.03 Å². The predicted octanol–water partition coefficient (Wildman–Crippen LogP) is 1.71. The van der Waals surface area contributed by atoms with Crippen molar-refractivity contribution in [2.24, 2.45) is 0 Å². The lowest BCUT2D eigenvalue weighted by atomic mass is 9.90. The maximum absolute atomic E-state index is 12.0. The van der Waals surface area contributed by atoms with E-state index in [-0.39, 0.29) is 11.6 Å². The largest absolute Gasteiger partial charge is 0.335 e. The minimum atomic E-state index is 0.148. The van der Waals surface area contributed by atoms with Gasteiger partial charge in [-0.15, -0.1) is 0 Å². The zero-order chi connectivity index (χ0) is 12.3. The molecular formula is C13H25N3O. The second-order valence-corrected chi connectivity index (χ2v) is 5.73. The van der Waals surface area contributed by atoms with Crippen LogP contribution >= 0.6 is 0 Å². The molecule has 0 aromatic rings. The number of nitrogens with zero attached hydrogens (tertiary/aromatic N) is 1. The number of carbonyl (C=O) groups is 1. The summed E-state index contributed by atoms with van der Waals surface area (Å²) >= 11 is 0. The van der Waals surface area contributed by atoms with Crippen molar-refractivity contribution < 1.29 is 4.79 Å². The summed E-state index contributed by atoms with van der Waals surface area (Å²) in [7, 11) is 2.01. The molecule has 2 fully saturated rings. The highest BCUT2D eigenvalue weighted by Crippen LogP contribution is 2.22. The number of piperidine rings is 1. The Labute approximate surface area is 104 Å². The molecule has 0 spiro atoms. The molecule has 1 saturated heterocycles. The van der Waals surface area contributed by atoms with Crippen molar-refractivity contribution in [2.75, 3.05) is 20.1 Å². The Kier molecular flexibility index (Phi) is 3.92. The highest BCUT2D eigenvalue weighted by molar-refractivity contribution is 5.74. The van der Waals surface area contributed by atoms with Crippen molar-refractivity contribution in [3.8, 4) is 0 Å².